The smallest absolute Gasteiger partial charge is 0.490 e. The van der Waals surface area contributed by atoms with Gasteiger partial charge in [0.05, 0.1) is 0 Å². The van der Waals surface area contributed by atoms with Crippen molar-refractivity contribution in [1.29, 1.82) is 0 Å². The van der Waals surface area contributed by atoms with Crippen LogP contribution in [0.15, 0.2) is 84.0 Å². The van der Waals surface area contributed by atoms with Crippen molar-refractivity contribution in [3.63, 3.8) is 0 Å². The zero-order chi connectivity index (χ0) is 17.9. The molecule has 0 unspecified atom stereocenters. The van der Waals surface area contributed by atoms with Crippen LogP contribution in [0.4, 0.5) is 14.4 Å². The first-order valence-electron chi connectivity index (χ1n) is 8.08. The summed E-state index contributed by atoms with van der Waals surface area (Å²) in [7, 11) is -2.98. The van der Waals surface area contributed by atoms with E-state index < -0.39 is 7.47 Å². The molecule has 1 heterocycles. The molecule has 0 radical (unpaired) electrons. The molecule has 26 heavy (non-hydrogen) atoms. The molecule has 0 spiro atoms. The van der Waals surface area contributed by atoms with Crippen LogP contribution in [0.3, 0.4) is 0 Å². The van der Waals surface area contributed by atoms with Crippen molar-refractivity contribution in [2.75, 3.05) is 0 Å². The predicted octanol–water partition coefficient (Wildman–Crippen LogP) is 5.41. The normalized spacial score (nSPS) is 11.7. The van der Waals surface area contributed by atoms with E-state index in [1.54, 1.807) is 30.5 Å². The summed E-state index contributed by atoms with van der Waals surface area (Å²) in [6.07, 6.45) is 1.55. The average Bonchev–Trinajstić information content (AvgIpc) is 2.67. The summed E-state index contributed by atoms with van der Waals surface area (Å²) in [4.78, 5) is 8.27. The SMILES string of the molecule is FB(F)O/C(=N/c1ccccn1)c1cccc2c1ccc1ccccc12. The van der Waals surface area contributed by atoms with Crippen LogP contribution in [-0.2, 0) is 4.65 Å². The zero-order valence-corrected chi connectivity index (χ0v) is 13.6. The molecular weight excluding hydrogens is 333 g/mol. The predicted molar refractivity (Wildman–Crippen MR) is 101 cm³/mol. The highest BCUT2D eigenvalue weighted by atomic mass is 19.2. The molecule has 0 aliphatic rings. The second-order valence-electron chi connectivity index (χ2n) is 5.67. The molecule has 4 rings (SSSR count). The minimum atomic E-state index is -2.98. The van der Waals surface area contributed by atoms with Gasteiger partial charge in [0.1, 0.15) is 0 Å². The van der Waals surface area contributed by atoms with E-state index in [-0.39, 0.29) is 5.90 Å². The fraction of sp³-hybridized carbons (Fsp3) is 0. The Balaban J connectivity index is 1.95. The van der Waals surface area contributed by atoms with Crippen molar-refractivity contribution >= 4 is 40.7 Å². The molecule has 0 amide bonds. The van der Waals surface area contributed by atoms with Crippen LogP contribution in [0, 0.1) is 0 Å². The van der Waals surface area contributed by atoms with Crippen molar-refractivity contribution in [1.82, 2.24) is 4.98 Å². The van der Waals surface area contributed by atoms with E-state index in [1.807, 2.05) is 48.5 Å². The van der Waals surface area contributed by atoms with Gasteiger partial charge in [-0.05, 0) is 39.7 Å². The second-order valence-corrected chi connectivity index (χ2v) is 5.67. The maximum Gasteiger partial charge on any atom is 0.797 e. The van der Waals surface area contributed by atoms with Gasteiger partial charge in [0.2, 0.25) is 5.90 Å². The topological polar surface area (TPSA) is 34.5 Å². The lowest BCUT2D eigenvalue weighted by atomic mass is 9.98. The first-order valence-corrected chi connectivity index (χ1v) is 8.08. The van der Waals surface area contributed by atoms with Gasteiger partial charge >= 0.3 is 7.47 Å². The van der Waals surface area contributed by atoms with E-state index in [1.165, 1.54) is 0 Å². The van der Waals surface area contributed by atoms with Gasteiger partial charge < -0.3 is 4.65 Å². The van der Waals surface area contributed by atoms with Crippen LogP contribution in [-0.4, -0.2) is 18.4 Å². The lowest BCUT2D eigenvalue weighted by Gasteiger charge is -2.12. The molecule has 0 N–H and O–H groups in total. The molecule has 0 atom stereocenters. The van der Waals surface area contributed by atoms with Crippen molar-refractivity contribution in [2.24, 2.45) is 4.99 Å². The number of benzene rings is 3. The van der Waals surface area contributed by atoms with Crippen molar-refractivity contribution in [3.8, 4) is 0 Å². The van der Waals surface area contributed by atoms with Crippen molar-refractivity contribution in [2.45, 2.75) is 0 Å². The number of fused-ring (bicyclic) bond motifs is 3. The van der Waals surface area contributed by atoms with Crippen LogP contribution in [0.25, 0.3) is 21.5 Å². The molecule has 126 valence electrons. The Labute approximate surface area is 149 Å². The number of hydrogen-bond acceptors (Lipinski definition) is 3. The summed E-state index contributed by atoms with van der Waals surface area (Å²) in [5.41, 5.74) is 0.499. The second kappa shape index (κ2) is 6.92. The summed E-state index contributed by atoms with van der Waals surface area (Å²) >= 11 is 0. The number of halogens is 2. The van der Waals surface area contributed by atoms with Crippen molar-refractivity contribution < 1.29 is 13.3 Å². The van der Waals surface area contributed by atoms with Crippen LogP contribution in [0.5, 0.6) is 0 Å². The average molecular weight is 346 g/mol. The Hall–Kier alpha value is -3.28. The third-order valence-corrected chi connectivity index (χ3v) is 4.08. The van der Waals surface area contributed by atoms with E-state index in [0.717, 1.165) is 21.5 Å². The summed E-state index contributed by atoms with van der Waals surface area (Å²) in [6.45, 7) is 0. The number of rotatable bonds is 3. The molecule has 6 heteroatoms. The van der Waals surface area contributed by atoms with E-state index in [9.17, 15) is 8.63 Å². The molecule has 0 aliphatic heterocycles. The molecule has 3 aromatic carbocycles. The molecule has 0 bridgehead atoms. The molecule has 0 fully saturated rings. The molecule has 4 aromatic rings. The highest BCUT2D eigenvalue weighted by Gasteiger charge is 2.23. The Morgan fingerprint density at radius 2 is 1.62 bits per heavy atom. The molecule has 0 aliphatic carbocycles. The first-order chi connectivity index (χ1) is 12.7. The van der Waals surface area contributed by atoms with Gasteiger partial charge in [-0.1, -0.05) is 54.6 Å². The molecule has 0 saturated heterocycles. The lowest BCUT2D eigenvalue weighted by Crippen LogP contribution is -2.15. The van der Waals surface area contributed by atoms with Gasteiger partial charge in [-0.25, -0.2) is 13.6 Å². The van der Waals surface area contributed by atoms with Gasteiger partial charge in [0.15, 0.2) is 5.82 Å². The molecule has 0 saturated carbocycles. The Morgan fingerprint density at radius 1 is 0.808 bits per heavy atom. The number of pyridine rings is 1. The Kier molecular flexibility index (Phi) is 4.31. The highest BCUT2D eigenvalue weighted by Crippen LogP contribution is 2.29. The minimum Gasteiger partial charge on any atom is -0.490 e. The standard InChI is InChI=1S/C20H13BF2N2O/c22-21(23)26-20(25-19-10-3-4-13-24-19)18-9-5-8-16-15-7-2-1-6-14(15)11-12-17(16)18/h1-13H/b25-20+. The van der Waals surface area contributed by atoms with Crippen molar-refractivity contribution in [3.05, 3.63) is 84.6 Å². The van der Waals surface area contributed by atoms with Crippen LogP contribution < -0.4 is 0 Å². The highest BCUT2D eigenvalue weighted by molar-refractivity contribution is 6.39. The van der Waals surface area contributed by atoms with Crippen LogP contribution in [0.2, 0.25) is 0 Å². The number of nitrogens with zero attached hydrogens (tertiary/aromatic N) is 2. The first kappa shape index (κ1) is 16.2. The number of aliphatic imine (C=N–C) groups is 1. The van der Waals surface area contributed by atoms with Gasteiger partial charge in [-0.3, -0.25) is 0 Å². The fourth-order valence-electron chi connectivity index (χ4n) is 2.99. The van der Waals surface area contributed by atoms with Crippen LogP contribution in [0.1, 0.15) is 5.56 Å². The van der Waals surface area contributed by atoms with Gasteiger partial charge in [-0.2, -0.15) is 4.99 Å². The largest absolute Gasteiger partial charge is 0.797 e. The van der Waals surface area contributed by atoms with E-state index >= 15 is 0 Å². The number of hydrogen-bond donors (Lipinski definition) is 0. The molecule has 1 aromatic heterocycles. The summed E-state index contributed by atoms with van der Waals surface area (Å²) < 4.78 is 30.7. The lowest BCUT2D eigenvalue weighted by molar-refractivity contribution is 0.420. The quantitative estimate of drug-likeness (QED) is 0.215. The third-order valence-electron chi connectivity index (χ3n) is 4.08. The monoisotopic (exact) mass is 346 g/mol. The summed E-state index contributed by atoms with van der Waals surface area (Å²) in [6, 6.07) is 22.4. The summed E-state index contributed by atoms with van der Waals surface area (Å²) in [5.74, 6) is 0.153. The third kappa shape index (κ3) is 3.13. The molecule has 3 nitrogen and oxygen atoms in total. The zero-order valence-electron chi connectivity index (χ0n) is 13.6. The minimum absolute atomic E-state index is 0.153. The van der Waals surface area contributed by atoms with Gasteiger partial charge in [-0.15, -0.1) is 0 Å². The maximum atomic E-state index is 13.0. The van der Waals surface area contributed by atoms with Gasteiger partial charge in [0.25, 0.3) is 0 Å². The molecular formula is C20H13BF2N2O. The fourth-order valence-corrected chi connectivity index (χ4v) is 2.99. The van der Waals surface area contributed by atoms with Crippen LogP contribution >= 0.6 is 0 Å². The van der Waals surface area contributed by atoms with E-state index in [4.69, 9.17) is 4.65 Å². The number of aromatic nitrogens is 1. The Bertz CT molecular complexity index is 1100. The van der Waals surface area contributed by atoms with E-state index in [0.29, 0.717) is 11.4 Å². The Morgan fingerprint density at radius 3 is 2.42 bits per heavy atom. The van der Waals surface area contributed by atoms with E-state index in [2.05, 4.69) is 9.98 Å². The summed E-state index contributed by atoms with van der Waals surface area (Å²) in [5, 5.41) is 3.87. The van der Waals surface area contributed by atoms with Gasteiger partial charge in [0, 0.05) is 11.8 Å². The maximum absolute atomic E-state index is 13.0.